The predicted octanol–water partition coefficient (Wildman–Crippen LogP) is 3.73. The third-order valence-electron chi connectivity index (χ3n) is 4.74. The number of rotatable bonds is 8. The minimum Gasteiger partial charge on any atom is -0.381 e. The van der Waals surface area contributed by atoms with Gasteiger partial charge in [-0.15, -0.1) is 0 Å². The Morgan fingerprint density at radius 3 is 2.93 bits per heavy atom. The molecule has 0 spiro atoms. The molecule has 0 radical (unpaired) electrons. The Morgan fingerprint density at radius 2 is 2.07 bits per heavy atom. The number of anilines is 1. The van der Waals surface area contributed by atoms with Crippen molar-refractivity contribution in [3.8, 4) is 11.4 Å². The van der Waals surface area contributed by atoms with Crippen molar-refractivity contribution >= 4 is 28.5 Å². The van der Waals surface area contributed by atoms with Crippen molar-refractivity contribution in [3.05, 3.63) is 42.2 Å². The van der Waals surface area contributed by atoms with Crippen molar-refractivity contribution in [1.29, 1.82) is 0 Å². The standard InChI is InChI=1S/C21H26N4O2S/c1-2-26-11-12-28-15-18-14-20(25-7-9-27-10-8-25)24-21(23-18)17-3-4-19-16(13-17)5-6-22-19/h3-6,13-14,22H,2,7-12,15H2,1H3. The Labute approximate surface area is 169 Å². The zero-order valence-corrected chi connectivity index (χ0v) is 17.0. The van der Waals surface area contributed by atoms with E-state index in [-0.39, 0.29) is 0 Å². The maximum Gasteiger partial charge on any atom is 0.161 e. The second-order valence-electron chi connectivity index (χ2n) is 6.67. The summed E-state index contributed by atoms with van der Waals surface area (Å²) in [7, 11) is 0. The molecule has 1 aliphatic heterocycles. The Bertz CT molecular complexity index is 908. The molecule has 6 nitrogen and oxygen atoms in total. The summed E-state index contributed by atoms with van der Waals surface area (Å²) in [6.45, 7) is 6.78. The number of fused-ring (bicyclic) bond motifs is 1. The van der Waals surface area contributed by atoms with Gasteiger partial charge in [0.25, 0.3) is 0 Å². The molecule has 0 unspecified atom stereocenters. The first kappa shape index (κ1) is 19.2. The third-order valence-corrected chi connectivity index (χ3v) is 5.69. The number of H-pyrrole nitrogens is 1. The van der Waals surface area contributed by atoms with Gasteiger partial charge < -0.3 is 19.4 Å². The molecule has 1 saturated heterocycles. The Morgan fingerprint density at radius 1 is 1.18 bits per heavy atom. The largest absolute Gasteiger partial charge is 0.381 e. The van der Waals surface area contributed by atoms with Crippen LogP contribution in [-0.4, -0.2) is 60.2 Å². The van der Waals surface area contributed by atoms with E-state index in [1.54, 1.807) is 0 Å². The van der Waals surface area contributed by atoms with Crippen LogP contribution in [0.25, 0.3) is 22.3 Å². The summed E-state index contributed by atoms with van der Waals surface area (Å²) in [4.78, 5) is 15.3. The van der Waals surface area contributed by atoms with Gasteiger partial charge in [-0.3, -0.25) is 0 Å². The summed E-state index contributed by atoms with van der Waals surface area (Å²) in [5, 5.41) is 1.17. The average molecular weight is 399 g/mol. The van der Waals surface area contributed by atoms with Gasteiger partial charge in [0.2, 0.25) is 0 Å². The first-order valence-electron chi connectivity index (χ1n) is 9.77. The number of morpholine rings is 1. The number of aromatic amines is 1. The molecule has 3 heterocycles. The number of aromatic nitrogens is 3. The third kappa shape index (κ3) is 4.66. The second-order valence-corrected chi connectivity index (χ2v) is 7.77. The van der Waals surface area contributed by atoms with E-state index < -0.39 is 0 Å². The fourth-order valence-electron chi connectivity index (χ4n) is 3.27. The van der Waals surface area contributed by atoms with Gasteiger partial charge >= 0.3 is 0 Å². The summed E-state index contributed by atoms with van der Waals surface area (Å²) >= 11 is 1.85. The predicted molar refractivity (Wildman–Crippen MR) is 115 cm³/mol. The summed E-state index contributed by atoms with van der Waals surface area (Å²) in [5.74, 6) is 3.59. The summed E-state index contributed by atoms with van der Waals surface area (Å²) in [6.07, 6.45) is 1.96. The van der Waals surface area contributed by atoms with Gasteiger partial charge in [-0.1, -0.05) is 0 Å². The van der Waals surface area contributed by atoms with Gasteiger partial charge in [0.1, 0.15) is 5.82 Å². The van der Waals surface area contributed by atoms with Crippen LogP contribution in [0.2, 0.25) is 0 Å². The van der Waals surface area contributed by atoms with E-state index in [1.807, 2.05) is 24.9 Å². The highest BCUT2D eigenvalue weighted by Gasteiger charge is 2.16. The molecule has 7 heteroatoms. The first-order chi connectivity index (χ1) is 13.8. The maximum absolute atomic E-state index is 5.50. The minimum atomic E-state index is 0.743. The molecule has 3 aromatic rings. The van der Waals surface area contributed by atoms with Crippen molar-refractivity contribution in [2.45, 2.75) is 12.7 Å². The van der Waals surface area contributed by atoms with E-state index >= 15 is 0 Å². The van der Waals surface area contributed by atoms with E-state index in [9.17, 15) is 0 Å². The second kappa shape index (κ2) is 9.41. The SMILES string of the molecule is CCOCCSCc1cc(N2CCOCC2)nc(-c2ccc3[nH]ccc3c2)n1. The van der Waals surface area contributed by atoms with Crippen molar-refractivity contribution in [2.24, 2.45) is 0 Å². The highest BCUT2D eigenvalue weighted by molar-refractivity contribution is 7.98. The molecule has 4 rings (SSSR count). The van der Waals surface area contributed by atoms with E-state index in [2.05, 4.69) is 40.2 Å². The lowest BCUT2D eigenvalue weighted by Crippen LogP contribution is -2.37. The van der Waals surface area contributed by atoms with Crippen molar-refractivity contribution < 1.29 is 9.47 Å². The van der Waals surface area contributed by atoms with Gasteiger partial charge in [0, 0.05) is 59.9 Å². The van der Waals surface area contributed by atoms with Crippen LogP contribution in [-0.2, 0) is 15.2 Å². The molecular formula is C21H26N4O2S. The Balaban J connectivity index is 1.60. The molecule has 2 aromatic heterocycles. The number of thioether (sulfide) groups is 1. The normalized spacial score (nSPS) is 14.7. The number of hydrogen-bond donors (Lipinski definition) is 1. The van der Waals surface area contributed by atoms with Crippen LogP contribution in [0.5, 0.6) is 0 Å². The van der Waals surface area contributed by atoms with Gasteiger partial charge in [-0.05, 0) is 31.2 Å². The molecule has 1 aliphatic rings. The topological polar surface area (TPSA) is 63.3 Å². The minimum absolute atomic E-state index is 0.743. The summed E-state index contributed by atoms with van der Waals surface area (Å²) < 4.78 is 10.9. The molecule has 0 aliphatic carbocycles. The van der Waals surface area contributed by atoms with Gasteiger partial charge in [0.15, 0.2) is 5.82 Å². The van der Waals surface area contributed by atoms with Crippen LogP contribution in [0.1, 0.15) is 12.6 Å². The van der Waals surface area contributed by atoms with Gasteiger partial charge in [0.05, 0.1) is 25.5 Å². The van der Waals surface area contributed by atoms with Crippen molar-refractivity contribution in [1.82, 2.24) is 15.0 Å². The zero-order valence-electron chi connectivity index (χ0n) is 16.2. The number of nitrogens with zero attached hydrogens (tertiary/aromatic N) is 3. The molecule has 1 aromatic carbocycles. The molecule has 148 valence electrons. The maximum atomic E-state index is 5.50. The molecule has 1 N–H and O–H groups in total. The summed E-state index contributed by atoms with van der Waals surface area (Å²) in [6, 6.07) is 10.5. The first-order valence-corrected chi connectivity index (χ1v) is 10.9. The lowest BCUT2D eigenvalue weighted by atomic mass is 10.1. The molecule has 0 atom stereocenters. The van der Waals surface area contributed by atoms with Crippen LogP contribution < -0.4 is 4.90 Å². The van der Waals surface area contributed by atoms with E-state index in [0.29, 0.717) is 0 Å². The lowest BCUT2D eigenvalue weighted by molar-refractivity contribution is 0.122. The highest BCUT2D eigenvalue weighted by Crippen LogP contribution is 2.25. The smallest absolute Gasteiger partial charge is 0.161 e. The van der Waals surface area contributed by atoms with Gasteiger partial charge in [-0.25, -0.2) is 9.97 Å². The quantitative estimate of drug-likeness (QED) is 0.584. The van der Waals surface area contributed by atoms with Crippen LogP contribution in [0.15, 0.2) is 36.5 Å². The number of benzene rings is 1. The Hall–Kier alpha value is -2.09. The van der Waals surface area contributed by atoms with Crippen LogP contribution >= 0.6 is 11.8 Å². The monoisotopic (exact) mass is 398 g/mol. The van der Waals surface area contributed by atoms with Crippen LogP contribution in [0, 0.1) is 0 Å². The average Bonchev–Trinajstić information content (AvgIpc) is 3.22. The van der Waals surface area contributed by atoms with E-state index in [4.69, 9.17) is 19.4 Å². The number of nitrogens with one attached hydrogen (secondary N) is 1. The molecule has 0 bridgehead atoms. The summed E-state index contributed by atoms with van der Waals surface area (Å²) in [5.41, 5.74) is 3.23. The molecular weight excluding hydrogens is 372 g/mol. The van der Waals surface area contributed by atoms with Crippen molar-refractivity contribution in [2.75, 3.05) is 50.2 Å². The fraction of sp³-hybridized carbons (Fsp3) is 0.429. The molecule has 0 saturated carbocycles. The fourth-order valence-corrected chi connectivity index (χ4v) is 4.01. The van der Waals surface area contributed by atoms with Crippen molar-refractivity contribution in [3.63, 3.8) is 0 Å². The Kier molecular flexibility index (Phi) is 6.46. The van der Waals surface area contributed by atoms with E-state index in [1.165, 1.54) is 5.39 Å². The molecule has 0 amide bonds. The van der Waals surface area contributed by atoms with Crippen LogP contribution in [0.4, 0.5) is 5.82 Å². The lowest BCUT2D eigenvalue weighted by Gasteiger charge is -2.28. The number of hydrogen-bond acceptors (Lipinski definition) is 6. The van der Waals surface area contributed by atoms with E-state index in [0.717, 1.165) is 79.4 Å². The highest BCUT2D eigenvalue weighted by atomic mass is 32.2. The molecule has 1 fully saturated rings. The number of ether oxygens (including phenoxy) is 2. The van der Waals surface area contributed by atoms with Crippen LogP contribution in [0.3, 0.4) is 0 Å². The molecule has 28 heavy (non-hydrogen) atoms. The van der Waals surface area contributed by atoms with Gasteiger partial charge in [-0.2, -0.15) is 11.8 Å². The zero-order chi connectivity index (χ0) is 19.2.